The van der Waals surface area contributed by atoms with E-state index < -0.39 is 27.9 Å². The second-order valence-electron chi connectivity index (χ2n) is 6.15. The number of sulfone groups is 1. The Kier molecular flexibility index (Phi) is 5.61. The van der Waals surface area contributed by atoms with Crippen molar-refractivity contribution in [1.82, 2.24) is 10.6 Å². The van der Waals surface area contributed by atoms with Gasteiger partial charge in [0, 0.05) is 12.8 Å². The first-order valence-electron chi connectivity index (χ1n) is 7.01. The monoisotopic (exact) mass is 320 g/mol. The second-order valence-corrected chi connectivity index (χ2v) is 8.41. The fourth-order valence-corrected chi connectivity index (χ4v) is 2.84. The number of carbonyl (C=O) groups is 2. The van der Waals surface area contributed by atoms with Crippen molar-refractivity contribution in [3.63, 3.8) is 0 Å². The Labute approximate surface area is 125 Å². The molecule has 1 saturated carbocycles. The molecule has 0 saturated heterocycles. The summed E-state index contributed by atoms with van der Waals surface area (Å²) in [5.74, 6) is -1.06. The molecule has 1 aliphatic carbocycles. The van der Waals surface area contributed by atoms with Gasteiger partial charge in [-0.15, -0.1) is 0 Å². The summed E-state index contributed by atoms with van der Waals surface area (Å²) in [6, 6.07) is -1.77. The van der Waals surface area contributed by atoms with E-state index in [1.165, 1.54) is 0 Å². The van der Waals surface area contributed by atoms with Crippen LogP contribution in [-0.4, -0.2) is 50.1 Å². The van der Waals surface area contributed by atoms with Crippen LogP contribution in [0.1, 0.15) is 33.1 Å². The second kappa shape index (κ2) is 6.64. The minimum absolute atomic E-state index is 0.128. The normalized spacial score (nSPS) is 18.1. The summed E-state index contributed by atoms with van der Waals surface area (Å²) in [6.45, 7) is 4.70. The largest absolute Gasteiger partial charge is 0.480 e. The number of urea groups is 1. The van der Waals surface area contributed by atoms with Crippen LogP contribution < -0.4 is 10.6 Å². The molecule has 21 heavy (non-hydrogen) atoms. The number of carboxylic acid groups (broad SMARTS) is 1. The molecule has 0 heterocycles. The van der Waals surface area contributed by atoms with Crippen LogP contribution in [-0.2, 0) is 14.6 Å². The van der Waals surface area contributed by atoms with Gasteiger partial charge in [0.1, 0.15) is 15.9 Å². The summed E-state index contributed by atoms with van der Waals surface area (Å²) < 4.78 is 22.1. The van der Waals surface area contributed by atoms with E-state index >= 15 is 0 Å². The molecule has 1 aliphatic rings. The van der Waals surface area contributed by atoms with Gasteiger partial charge in [-0.1, -0.05) is 13.8 Å². The molecule has 0 radical (unpaired) electrons. The minimum Gasteiger partial charge on any atom is -0.480 e. The summed E-state index contributed by atoms with van der Waals surface area (Å²) in [4.78, 5) is 22.8. The molecule has 2 amide bonds. The van der Waals surface area contributed by atoms with Crippen LogP contribution in [0.5, 0.6) is 0 Å². The highest BCUT2D eigenvalue weighted by Gasteiger charge is 2.45. The van der Waals surface area contributed by atoms with Gasteiger partial charge in [0.15, 0.2) is 0 Å². The Balaban J connectivity index is 2.44. The minimum atomic E-state index is -3.26. The van der Waals surface area contributed by atoms with E-state index in [0.29, 0.717) is 12.5 Å². The molecular formula is C13H24N2O5S. The number of hydrogen-bond donors (Lipinski definition) is 3. The third kappa shape index (κ3) is 5.91. The van der Waals surface area contributed by atoms with Crippen molar-refractivity contribution in [2.75, 3.05) is 18.6 Å². The van der Waals surface area contributed by atoms with Crippen LogP contribution in [0.2, 0.25) is 0 Å². The van der Waals surface area contributed by atoms with Crippen LogP contribution >= 0.6 is 0 Å². The molecule has 8 heteroatoms. The lowest BCUT2D eigenvalue weighted by Gasteiger charge is -2.21. The highest BCUT2D eigenvalue weighted by atomic mass is 32.2. The smallest absolute Gasteiger partial charge is 0.326 e. The first-order valence-corrected chi connectivity index (χ1v) is 9.07. The maximum atomic E-state index is 11.7. The molecule has 1 unspecified atom stereocenters. The fraction of sp³-hybridized carbons (Fsp3) is 0.846. The third-order valence-corrected chi connectivity index (χ3v) is 5.08. The SMILES string of the molecule is CC(C)C1(CNC(=O)NC(CCS(C)(=O)=O)C(=O)O)CC1. The molecule has 0 aromatic heterocycles. The number of aliphatic carboxylic acids is 1. The third-order valence-electron chi connectivity index (χ3n) is 4.10. The van der Waals surface area contributed by atoms with Crippen molar-refractivity contribution in [2.45, 2.75) is 39.2 Å². The van der Waals surface area contributed by atoms with Crippen LogP contribution in [0.3, 0.4) is 0 Å². The van der Waals surface area contributed by atoms with Crippen LogP contribution in [0, 0.1) is 11.3 Å². The van der Waals surface area contributed by atoms with Crippen LogP contribution in [0.25, 0.3) is 0 Å². The Morgan fingerprint density at radius 3 is 2.24 bits per heavy atom. The summed E-state index contributed by atoms with van der Waals surface area (Å²) in [7, 11) is -3.26. The average Bonchev–Trinajstić information content (AvgIpc) is 3.11. The predicted molar refractivity (Wildman–Crippen MR) is 78.8 cm³/mol. The first-order chi connectivity index (χ1) is 9.56. The summed E-state index contributed by atoms with van der Waals surface area (Å²) in [5.41, 5.74) is 0.128. The molecule has 0 spiro atoms. The van der Waals surface area contributed by atoms with Gasteiger partial charge in [0.2, 0.25) is 0 Å². The standard InChI is InChI=1S/C13H24N2O5S/c1-9(2)13(5-6-13)8-14-12(18)15-10(11(16)17)4-7-21(3,19)20/h9-10H,4-8H2,1-3H3,(H,16,17)(H2,14,15,18). The number of rotatable bonds is 8. The number of hydrogen-bond acceptors (Lipinski definition) is 4. The van der Waals surface area contributed by atoms with Gasteiger partial charge in [-0.2, -0.15) is 0 Å². The Morgan fingerprint density at radius 1 is 1.29 bits per heavy atom. The molecule has 122 valence electrons. The fourth-order valence-electron chi connectivity index (χ4n) is 2.17. The van der Waals surface area contributed by atoms with Crippen molar-refractivity contribution < 1.29 is 23.1 Å². The van der Waals surface area contributed by atoms with E-state index in [1.807, 2.05) is 0 Å². The zero-order valence-electron chi connectivity index (χ0n) is 12.7. The molecule has 1 fully saturated rings. The Morgan fingerprint density at radius 2 is 1.86 bits per heavy atom. The molecule has 1 atom stereocenters. The van der Waals surface area contributed by atoms with E-state index in [2.05, 4.69) is 24.5 Å². The summed E-state index contributed by atoms with van der Waals surface area (Å²) >= 11 is 0. The molecule has 0 aromatic carbocycles. The number of carboxylic acids is 1. The molecule has 0 aliphatic heterocycles. The lowest BCUT2D eigenvalue weighted by molar-refractivity contribution is -0.139. The Bertz CT molecular complexity index is 497. The van der Waals surface area contributed by atoms with Gasteiger partial charge in [-0.25, -0.2) is 18.0 Å². The van der Waals surface area contributed by atoms with E-state index in [-0.39, 0.29) is 17.6 Å². The van der Waals surface area contributed by atoms with Gasteiger partial charge >= 0.3 is 12.0 Å². The molecule has 0 aromatic rings. The molecule has 7 nitrogen and oxygen atoms in total. The predicted octanol–water partition coefficient (Wildman–Crippen LogP) is 0.610. The highest BCUT2D eigenvalue weighted by molar-refractivity contribution is 7.90. The van der Waals surface area contributed by atoms with Gasteiger partial charge in [0.05, 0.1) is 5.75 Å². The number of nitrogens with one attached hydrogen (secondary N) is 2. The molecule has 1 rings (SSSR count). The first kappa shape index (κ1) is 17.7. The van der Waals surface area contributed by atoms with Crippen molar-refractivity contribution in [2.24, 2.45) is 11.3 Å². The number of amides is 2. The van der Waals surface area contributed by atoms with Gasteiger partial charge in [-0.05, 0) is 30.6 Å². The summed E-state index contributed by atoms with van der Waals surface area (Å²) in [5, 5.41) is 14.0. The average molecular weight is 320 g/mol. The van der Waals surface area contributed by atoms with Crippen LogP contribution in [0.15, 0.2) is 0 Å². The van der Waals surface area contributed by atoms with Crippen molar-refractivity contribution in [3.8, 4) is 0 Å². The highest BCUT2D eigenvalue weighted by Crippen LogP contribution is 2.51. The van der Waals surface area contributed by atoms with E-state index in [0.717, 1.165) is 19.1 Å². The molecule has 0 bridgehead atoms. The maximum Gasteiger partial charge on any atom is 0.326 e. The zero-order chi connectivity index (χ0) is 16.3. The van der Waals surface area contributed by atoms with Gasteiger partial charge in [-0.3, -0.25) is 0 Å². The quantitative estimate of drug-likeness (QED) is 0.606. The molecule has 3 N–H and O–H groups in total. The van der Waals surface area contributed by atoms with Crippen molar-refractivity contribution in [3.05, 3.63) is 0 Å². The van der Waals surface area contributed by atoms with Crippen molar-refractivity contribution >= 4 is 21.8 Å². The zero-order valence-corrected chi connectivity index (χ0v) is 13.5. The maximum absolute atomic E-state index is 11.7. The van der Waals surface area contributed by atoms with Crippen LogP contribution in [0.4, 0.5) is 4.79 Å². The lowest BCUT2D eigenvalue weighted by Crippen LogP contribution is -2.48. The van der Waals surface area contributed by atoms with Gasteiger partial charge in [0.25, 0.3) is 0 Å². The van der Waals surface area contributed by atoms with E-state index in [1.54, 1.807) is 0 Å². The van der Waals surface area contributed by atoms with E-state index in [4.69, 9.17) is 5.11 Å². The van der Waals surface area contributed by atoms with Gasteiger partial charge < -0.3 is 15.7 Å². The lowest BCUT2D eigenvalue weighted by atomic mass is 9.92. The Hall–Kier alpha value is -1.31. The topological polar surface area (TPSA) is 113 Å². The summed E-state index contributed by atoms with van der Waals surface area (Å²) in [6.07, 6.45) is 3.01. The van der Waals surface area contributed by atoms with Crippen molar-refractivity contribution in [1.29, 1.82) is 0 Å². The van der Waals surface area contributed by atoms with E-state index in [9.17, 15) is 18.0 Å². The number of carbonyl (C=O) groups excluding carboxylic acids is 1. The molecular weight excluding hydrogens is 296 g/mol.